The summed E-state index contributed by atoms with van der Waals surface area (Å²) in [5, 5.41) is 5.13. The van der Waals surface area contributed by atoms with Crippen molar-refractivity contribution in [3.63, 3.8) is 0 Å². The molecule has 0 saturated heterocycles. The smallest absolute Gasteiger partial charge is 0.261 e. The van der Waals surface area contributed by atoms with Crippen molar-refractivity contribution >= 4 is 11.1 Å². The molecule has 1 saturated carbocycles. The molecule has 0 radical (unpaired) electrons. The van der Waals surface area contributed by atoms with E-state index in [1.54, 1.807) is 12.5 Å². The number of benzene rings is 1. The van der Waals surface area contributed by atoms with Crippen LogP contribution in [0.3, 0.4) is 0 Å². The van der Waals surface area contributed by atoms with Crippen LogP contribution in [0.2, 0.25) is 0 Å². The van der Waals surface area contributed by atoms with Crippen LogP contribution in [0, 0.1) is 0 Å². The fraction of sp³-hybridized carbons (Fsp3) is 0.167. The zero-order valence-electron chi connectivity index (χ0n) is 12.8. The van der Waals surface area contributed by atoms with Crippen LogP contribution in [0.5, 0.6) is 11.6 Å². The van der Waals surface area contributed by atoms with Gasteiger partial charge in [-0.15, -0.1) is 0 Å². The fourth-order valence-electron chi connectivity index (χ4n) is 2.76. The van der Waals surface area contributed by atoms with Crippen LogP contribution in [-0.2, 0) is 0 Å². The number of pyridine rings is 1. The minimum atomic E-state index is 0.497. The van der Waals surface area contributed by atoms with Crippen molar-refractivity contribution < 1.29 is 9.26 Å². The van der Waals surface area contributed by atoms with Gasteiger partial charge in [0, 0.05) is 30.1 Å². The van der Waals surface area contributed by atoms with Gasteiger partial charge in [0.25, 0.3) is 5.71 Å². The monoisotopic (exact) mass is 318 g/mol. The second kappa shape index (κ2) is 5.19. The minimum Gasteiger partial charge on any atom is -0.439 e. The average Bonchev–Trinajstić information content (AvgIpc) is 3.15. The molecule has 6 nitrogen and oxygen atoms in total. The molecule has 24 heavy (non-hydrogen) atoms. The van der Waals surface area contributed by atoms with Crippen molar-refractivity contribution in [1.82, 2.24) is 19.7 Å². The molecule has 1 aromatic carbocycles. The molecule has 0 spiro atoms. The number of fused-ring (bicyclic) bond motifs is 1. The normalized spacial score (nSPS) is 14.2. The molecule has 0 N–H and O–H groups in total. The summed E-state index contributed by atoms with van der Waals surface area (Å²) in [6, 6.07) is 11.6. The van der Waals surface area contributed by atoms with Gasteiger partial charge in [-0.05, 0) is 43.2 Å². The van der Waals surface area contributed by atoms with Crippen molar-refractivity contribution in [2.75, 3.05) is 0 Å². The quantitative estimate of drug-likeness (QED) is 0.567. The van der Waals surface area contributed by atoms with Crippen molar-refractivity contribution in [2.45, 2.75) is 18.8 Å². The van der Waals surface area contributed by atoms with E-state index in [0.29, 0.717) is 23.3 Å². The van der Waals surface area contributed by atoms with E-state index in [0.717, 1.165) is 16.8 Å². The molecule has 6 heteroatoms. The van der Waals surface area contributed by atoms with Gasteiger partial charge in [-0.3, -0.25) is 0 Å². The Morgan fingerprint density at radius 1 is 1.08 bits per heavy atom. The standard InChI is InChI=1S/C18H14N4O2/c1-2-12(1)17-15-7-8-16(20-18(15)24-21-17)23-14-5-3-13(4-6-14)22-10-9-19-11-22/h3-12H,1-2H2. The average molecular weight is 318 g/mol. The molecule has 0 unspecified atom stereocenters. The first kappa shape index (κ1) is 13.3. The molecule has 0 amide bonds. The van der Waals surface area contributed by atoms with Crippen LogP contribution in [0.25, 0.3) is 16.8 Å². The highest BCUT2D eigenvalue weighted by atomic mass is 16.5. The predicted octanol–water partition coefficient (Wildman–Crippen LogP) is 4.08. The Labute approximate surface area is 137 Å². The number of ether oxygens (including phenoxy) is 1. The first-order valence-electron chi connectivity index (χ1n) is 7.89. The third-order valence-corrected chi connectivity index (χ3v) is 4.17. The molecule has 5 rings (SSSR count). The Kier molecular flexibility index (Phi) is 2.88. The van der Waals surface area contributed by atoms with Crippen molar-refractivity contribution in [3.05, 3.63) is 60.8 Å². The van der Waals surface area contributed by atoms with Crippen LogP contribution in [0.1, 0.15) is 24.5 Å². The topological polar surface area (TPSA) is 66.0 Å². The summed E-state index contributed by atoms with van der Waals surface area (Å²) in [4.78, 5) is 8.45. The lowest BCUT2D eigenvalue weighted by atomic mass is 10.2. The summed E-state index contributed by atoms with van der Waals surface area (Å²) in [5.41, 5.74) is 2.57. The van der Waals surface area contributed by atoms with Gasteiger partial charge in [0.1, 0.15) is 5.75 Å². The first-order valence-corrected chi connectivity index (χ1v) is 7.89. The maximum absolute atomic E-state index is 5.82. The van der Waals surface area contributed by atoms with Gasteiger partial charge >= 0.3 is 0 Å². The molecule has 1 aliphatic carbocycles. The summed E-state index contributed by atoms with van der Waals surface area (Å²) < 4.78 is 13.1. The second-order valence-corrected chi connectivity index (χ2v) is 5.91. The lowest BCUT2D eigenvalue weighted by Crippen LogP contribution is -1.91. The second-order valence-electron chi connectivity index (χ2n) is 5.91. The molecule has 0 aliphatic heterocycles. The third-order valence-electron chi connectivity index (χ3n) is 4.17. The van der Waals surface area contributed by atoms with Gasteiger partial charge in [0.15, 0.2) is 0 Å². The molecule has 3 heterocycles. The highest BCUT2D eigenvalue weighted by Crippen LogP contribution is 2.42. The van der Waals surface area contributed by atoms with Crippen LogP contribution in [-0.4, -0.2) is 19.7 Å². The van der Waals surface area contributed by atoms with Gasteiger partial charge in [-0.25, -0.2) is 4.98 Å². The van der Waals surface area contributed by atoms with Gasteiger partial charge in [0.05, 0.1) is 17.4 Å². The maximum atomic E-state index is 5.82. The Morgan fingerprint density at radius 2 is 1.96 bits per heavy atom. The molecule has 1 fully saturated rings. The van der Waals surface area contributed by atoms with E-state index in [1.165, 1.54) is 12.8 Å². The molecule has 3 aromatic heterocycles. The van der Waals surface area contributed by atoms with Crippen molar-refractivity contribution in [1.29, 1.82) is 0 Å². The highest BCUT2D eigenvalue weighted by Gasteiger charge is 2.29. The van der Waals surface area contributed by atoms with E-state index in [-0.39, 0.29) is 0 Å². The number of nitrogens with zero attached hydrogens (tertiary/aromatic N) is 4. The molecule has 0 atom stereocenters. The van der Waals surface area contributed by atoms with Crippen LogP contribution >= 0.6 is 0 Å². The lowest BCUT2D eigenvalue weighted by molar-refractivity contribution is 0.426. The van der Waals surface area contributed by atoms with Gasteiger partial charge in [0.2, 0.25) is 5.88 Å². The summed E-state index contributed by atoms with van der Waals surface area (Å²) in [7, 11) is 0. The van der Waals surface area contributed by atoms with Crippen molar-refractivity contribution in [2.24, 2.45) is 0 Å². The largest absolute Gasteiger partial charge is 0.439 e. The Morgan fingerprint density at radius 3 is 2.71 bits per heavy atom. The van der Waals surface area contributed by atoms with E-state index >= 15 is 0 Å². The van der Waals surface area contributed by atoms with E-state index in [1.807, 2.05) is 47.2 Å². The Bertz CT molecular complexity index is 986. The van der Waals surface area contributed by atoms with Crippen molar-refractivity contribution in [3.8, 4) is 17.3 Å². The Hall–Kier alpha value is -3.15. The summed E-state index contributed by atoms with van der Waals surface area (Å²) in [5.74, 6) is 1.75. The predicted molar refractivity (Wildman–Crippen MR) is 87.4 cm³/mol. The van der Waals surface area contributed by atoms with Gasteiger partial charge in [-0.1, -0.05) is 5.16 Å². The third kappa shape index (κ3) is 2.32. The molecular formula is C18H14N4O2. The molecule has 118 valence electrons. The number of rotatable bonds is 4. The molecule has 1 aliphatic rings. The lowest BCUT2D eigenvalue weighted by Gasteiger charge is -2.06. The molecule has 0 bridgehead atoms. The zero-order chi connectivity index (χ0) is 15.9. The number of aromatic nitrogens is 4. The van der Waals surface area contributed by atoms with Crippen LogP contribution in [0.4, 0.5) is 0 Å². The van der Waals surface area contributed by atoms with E-state index in [2.05, 4.69) is 15.1 Å². The summed E-state index contributed by atoms with van der Waals surface area (Å²) in [6.45, 7) is 0. The Balaban J connectivity index is 1.40. The number of imidazole rings is 1. The number of hydrogen-bond acceptors (Lipinski definition) is 5. The summed E-state index contributed by atoms with van der Waals surface area (Å²) in [6.07, 6.45) is 7.77. The van der Waals surface area contributed by atoms with E-state index in [9.17, 15) is 0 Å². The minimum absolute atomic E-state index is 0.497. The number of hydrogen-bond donors (Lipinski definition) is 0. The maximum Gasteiger partial charge on any atom is 0.261 e. The van der Waals surface area contributed by atoms with E-state index < -0.39 is 0 Å². The van der Waals surface area contributed by atoms with Gasteiger partial charge in [-0.2, -0.15) is 4.98 Å². The first-order chi connectivity index (χ1) is 11.9. The zero-order valence-corrected chi connectivity index (χ0v) is 12.8. The van der Waals surface area contributed by atoms with Gasteiger partial charge < -0.3 is 13.8 Å². The fourth-order valence-corrected chi connectivity index (χ4v) is 2.76. The molecular weight excluding hydrogens is 304 g/mol. The van der Waals surface area contributed by atoms with Crippen LogP contribution < -0.4 is 4.74 Å². The molecule has 4 aromatic rings. The summed E-state index contributed by atoms with van der Waals surface area (Å²) >= 11 is 0. The van der Waals surface area contributed by atoms with E-state index in [4.69, 9.17) is 9.26 Å². The van der Waals surface area contributed by atoms with Crippen LogP contribution in [0.15, 0.2) is 59.6 Å². The SMILES string of the molecule is c1cn(-c2ccc(Oc3ccc4c(C5CC5)noc4n3)cc2)cn1. The highest BCUT2D eigenvalue weighted by molar-refractivity contribution is 5.77.